The number of para-hydroxylation sites is 1. The van der Waals surface area contributed by atoms with E-state index in [1.807, 2.05) is 28.8 Å². The summed E-state index contributed by atoms with van der Waals surface area (Å²) >= 11 is 0. The van der Waals surface area contributed by atoms with E-state index in [2.05, 4.69) is 9.63 Å². The molecule has 0 aliphatic heterocycles. The van der Waals surface area contributed by atoms with E-state index >= 15 is 0 Å². The van der Waals surface area contributed by atoms with Crippen molar-refractivity contribution in [3.8, 4) is 5.88 Å². The fourth-order valence-corrected chi connectivity index (χ4v) is 4.90. The van der Waals surface area contributed by atoms with Crippen molar-refractivity contribution in [2.24, 2.45) is 15.6 Å². The van der Waals surface area contributed by atoms with Crippen molar-refractivity contribution < 1.29 is 13.5 Å². The molecule has 1 aliphatic carbocycles. The van der Waals surface area contributed by atoms with Gasteiger partial charge in [-0.3, -0.25) is 0 Å². The van der Waals surface area contributed by atoms with Crippen molar-refractivity contribution in [1.29, 1.82) is 0 Å². The number of hydrogen-bond donors (Lipinski definition) is 1. The third-order valence-electron chi connectivity index (χ3n) is 5.69. The molecule has 0 radical (unpaired) electrons. The number of rotatable bonds is 6. The minimum atomic E-state index is -3.93. The molecule has 1 aliphatic rings. The van der Waals surface area contributed by atoms with Crippen molar-refractivity contribution in [3.05, 3.63) is 54.6 Å². The Labute approximate surface area is 171 Å². The van der Waals surface area contributed by atoms with Gasteiger partial charge in [-0.05, 0) is 30.5 Å². The molecule has 6 nitrogen and oxygen atoms in total. The Morgan fingerprint density at radius 2 is 1.66 bits per heavy atom. The lowest BCUT2D eigenvalue weighted by Gasteiger charge is -2.21. The predicted octanol–water partition coefficient (Wildman–Crippen LogP) is 5.79. The number of nitrogens with zero attached hydrogens (tertiary/aromatic N) is 3. The van der Waals surface area contributed by atoms with Gasteiger partial charge in [0.15, 0.2) is 5.69 Å². The quantitative estimate of drug-likeness (QED) is 0.521. The van der Waals surface area contributed by atoms with Gasteiger partial charge >= 0.3 is 0 Å². The molecule has 0 unspecified atom stereocenters. The van der Waals surface area contributed by atoms with Gasteiger partial charge < -0.3 is 9.67 Å². The molecule has 1 N–H and O–H groups in total. The van der Waals surface area contributed by atoms with Crippen LogP contribution in [0.25, 0.3) is 10.9 Å². The second kappa shape index (κ2) is 8.37. The average Bonchev–Trinajstić information content (AvgIpc) is 3.03. The van der Waals surface area contributed by atoms with Gasteiger partial charge in [0.25, 0.3) is 10.0 Å². The minimum Gasteiger partial charge on any atom is -0.493 e. The van der Waals surface area contributed by atoms with Crippen LogP contribution >= 0.6 is 0 Å². The Hall–Kier alpha value is -2.67. The van der Waals surface area contributed by atoms with Gasteiger partial charge in [-0.1, -0.05) is 73.0 Å². The van der Waals surface area contributed by atoms with Crippen LogP contribution < -0.4 is 0 Å². The van der Waals surface area contributed by atoms with Gasteiger partial charge in [-0.15, -0.1) is 5.11 Å². The number of sulfonamides is 1. The van der Waals surface area contributed by atoms with Crippen LogP contribution in [0.15, 0.2) is 69.1 Å². The molecular weight excluding hydrogens is 386 g/mol. The van der Waals surface area contributed by atoms with Gasteiger partial charge in [0.05, 0.1) is 10.4 Å². The van der Waals surface area contributed by atoms with Crippen molar-refractivity contribution >= 4 is 26.6 Å². The molecule has 0 saturated heterocycles. The van der Waals surface area contributed by atoms with Gasteiger partial charge in [0.2, 0.25) is 5.88 Å². The topological polar surface area (TPSA) is 84.0 Å². The summed E-state index contributed by atoms with van der Waals surface area (Å²) in [7, 11) is -3.93. The van der Waals surface area contributed by atoms with Crippen LogP contribution in [-0.4, -0.2) is 18.1 Å². The smallest absolute Gasteiger partial charge is 0.299 e. The normalized spacial score (nSPS) is 16.0. The monoisotopic (exact) mass is 411 g/mol. The minimum absolute atomic E-state index is 0.0333. The SMILES string of the molecule is O=S(=O)(N=Nc1c(O)n(CCC2CCCCC2)c2ccccc12)c1ccccc1. The Balaban J connectivity index is 1.65. The summed E-state index contributed by atoms with van der Waals surface area (Å²) in [4.78, 5) is 0.0734. The maximum Gasteiger partial charge on any atom is 0.299 e. The highest BCUT2D eigenvalue weighted by atomic mass is 32.2. The van der Waals surface area contributed by atoms with Crippen molar-refractivity contribution in [2.45, 2.75) is 50.0 Å². The number of aromatic nitrogens is 1. The average molecular weight is 412 g/mol. The predicted molar refractivity (Wildman–Crippen MR) is 113 cm³/mol. The highest BCUT2D eigenvalue weighted by Gasteiger charge is 2.20. The molecule has 0 spiro atoms. The van der Waals surface area contributed by atoms with Crippen LogP contribution in [0.1, 0.15) is 38.5 Å². The number of aryl methyl sites for hydroxylation is 1. The molecule has 1 aromatic heterocycles. The summed E-state index contributed by atoms with van der Waals surface area (Å²) in [5, 5.41) is 15.5. The zero-order valence-corrected chi connectivity index (χ0v) is 17.1. The second-order valence-electron chi connectivity index (χ2n) is 7.60. The van der Waals surface area contributed by atoms with Gasteiger partial charge in [0, 0.05) is 11.9 Å². The van der Waals surface area contributed by atoms with Crippen molar-refractivity contribution in [1.82, 2.24) is 4.57 Å². The Kier molecular flexibility index (Phi) is 5.67. The van der Waals surface area contributed by atoms with Crippen LogP contribution in [0, 0.1) is 5.92 Å². The molecule has 29 heavy (non-hydrogen) atoms. The van der Waals surface area contributed by atoms with Crippen LogP contribution in [0.3, 0.4) is 0 Å². The van der Waals surface area contributed by atoms with Crippen LogP contribution in [-0.2, 0) is 16.6 Å². The van der Waals surface area contributed by atoms with Gasteiger partial charge in [-0.2, -0.15) is 8.42 Å². The summed E-state index contributed by atoms with van der Waals surface area (Å²) in [5.74, 6) is 0.641. The molecule has 1 heterocycles. The first-order valence-corrected chi connectivity index (χ1v) is 11.5. The first-order valence-electron chi connectivity index (χ1n) is 10.1. The van der Waals surface area contributed by atoms with Crippen molar-refractivity contribution in [2.75, 3.05) is 0 Å². The number of benzene rings is 2. The Morgan fingerprint density at radius 1 is 0.966 bits per heavy atom. The summed E-state index contributed by atoms with van der Waals surface area (Å²) in [6, 6.07) is 15.5. The van der Waals surface area contributed by atoms with E-state index in [9.17, 15) is 13.5 Å². The molecule has 4 rings (SSSR count). The van der Waals surface area contributed by atoms with E-state index in [0.717, 1.165) is 11.9 Å². The summed E-state index contributed by atoms with van der Waals surface area (Å²) in [6.45, 7) is 0.679. The number of hydrogen-bond acceptors (Lipinski definition) is 4. The third-order valence-corrected chi connectivity index (χ3v) is 6.86. The standard InChI is InChI=1S/C22H25N3O3S/c26-22-21(23-24-29(27,28)18-11-5-2-6-12-18)19-13-7-8-14-20(19)25(22)16-15-17-9-3-1-4-10-17/h2,5-8,11-14,17,26H,1,3-4,9-10,15-16H2. The van der Waals surface area contributed by atoms with Gasteiger partial charge in [0.1, 0.15) is 0 Å². The zero-order valence-electron chi connectivity index (χ0n) is 16.2. The fourth-order valence-electron chi connectivity index (χ4n) is 4.12. The van der Waals surface area contributed by atoms with Gasteiger partial charge in [-0.25, -0.2) is 0 Å². The van der Waals surface area contributed by atoms with Crippen LogP contribution in [0.2, 0.25) is 0 Å². The largest absolute Gasteiger partial charge is 0.493 e. The molecule has 7 heteroatoms. The van der Waals surface area contributed by atoms with E-state index < -0.39 is 10.0 Å². The lowest BCUT2D eigenvalue weighted by atomic mass is 9.87. The third kappa shape index (κ3) is 4.19. The molecule has 1 saturated carbocycles. The second-order valence-corrected chi connectivity index (χ2v) is 9.19. The first kappa shape index (κ1) is 19.6. The molecule has 3 aromatic rings. The zero-order chi connectivity index (χ0) is 20.3. The number of aromatic hydroxyl groups is 1. The summed E-state index contributed by atoms with van der Waals surface area (Å²) < 4.78 is 30.3. The molecule has 0 atom stereocenters. The molecule has 152 valence electrons. The highest BCUT2D eigenvalue weighted by molar-refractivity contribution is 7.90. The van der Waals surface area contributed by atoms with Crippen LogP contribution in [0.5, 0.6) is 5.88 Å². The Morgan fingerprint density at radius 3 is 2.41 bits per heavy atom. The van der Waals surface area contributed by atoms with E-state index in [4.69, 9.17) is 0 Å². The summed E-state index contributed by atoms with van der Waals surface area (Å²) in [5.41, 5.74) is 1.04. The molecule has 0 amide bonds. The molecule has 1 fully saturated rings. The summed E-state index contributed by atoms with van der Waals surface area (Å²) in [6.07, 6.45) is 7.34. The molecule has 2 aromatic carbocycles. The van der Waals surface area contributed by atoms with E-state index in [-0.39, 0.29) is 16.5 Å². The maximum atomic E-state index is 12.4. The van der Waals surface area contributed by atoms with Crippen LogP contribution in [0.4, 0.5) is 5.69 Å². The van der Waals surface area contributed by atoms with E-state index in [0.29, 0.717) is 17.8 Å². The maximum absolute atomic E-state index is 12.4. The van der Waals surface area contributed by atoms with Crippen molar-refractivity contribution in [3.63, 3.8) is 0 Å². The fraction of sp³-hybridized carbons (Fsp3) is 0.364. The Bertz CT molecular complexity index is 1110. The highest BCUT2D eigenvalue weighted by Crippen LogP contribution is 2.40. The molecule has 0 bridgehead atoms. The first-order chi connectivity index (χ1) is 14.1. The lowest BCUT2D eigenvalue weighted by Crippen LogP contribution is -2.09. The lowest BCUT2D eigenvalue weighted by molar-refractivity contribution is 0.317. The van der Waals surface area contributed by atoms with E-state index in [1.54, 1.807) is 18.2 Å². The van der Waals surface area contributed by atoms with E-state index in [1.165, 1.54) is 44.2 Å². The molecular formula is C22H25N3O3S. The number of fused-ring (bicyclic) bond motifs is 1.